The second kappa shape index (κ2) is 15.3. The summed E-state index contributed by atoms with van der Waals surface area (Å²) >= 11 is 0. The van der Waals surface area contributed by atoms with E-state index < -0.39 is 0 Å². The molecule has 0 saturated carbocycles. The second-order valence-corrected chi connectivity index (χ2v) is 10.4. The monoisotopic (exact) mass is 528 g/mol. The Labute approximate surface area is 233 Å². The van der Waals surface area contributed by atoms with Crippen LogP contribution in [0.3, 0.4) is 0 Å². The summed E-state index contributed by atoms with van der Waals surface area (Å²) in [4.78, 5) is 17.7. The van der Waals surface area contributed by atoms with Crippen LogP contribution in [0.4, 0.5) is 4.79 Å². The van der Waals surface area contributed by atoms with Gasteiger partial charge in [-0.25, -0.2) is 9.78 Å². The van der Waals surface area contributed by atoms with Gasteiger partial charge in [0.15, 0.2) is 0 Å². The van der Waals surface area contributed by atoms with Crippen LogP contribution in [0.25, 0.3) is 21.9 Å². The van der Waals surface area contributed by atoms with E-state index in [0.717, 1.165) is 41.9 Å². The average Bonchev–Trinajstić information content (AvgIpc) is 3.59. The van der Waals surface area contributed by atoms with E-state index in [9.17, 15) is 4.79 Å². The minimum absolute atomic E-state index is 0.110. The van der Waals surface area contributed by atoms with E-state index in [1.54, 1.807) is 11.7 Å². The molecule has 1 amide bonds. The lowest BCUT2D eigenvalue weighted by Gasteiger charge is -2.11. The number of ether oxygens (including phenoxy) is 1. The molecule has 0 radical (unpaired) electrons. The number of amides is 1. The van der Waals surface area contributed by atoms with Crippen LogP contribution in [-0.2, 0) is 17.7 Å². The van der Waals surface area contributed by atoms with Crippen LogP contribution in [0.1, 0.15) is 76.1 Å². The number of imidazole rings is 1. The summed E-state index contributed by atoms with van der Waals surface area (Å²) in [7, 11) is 1.68. The molecule has 0 aliphatic rings. The Morgan fingerprint density at radius 2 is 1.69 bits per heavy atom. The first-order valence-electron chi connectivity index (χ1n) is 14.7. The first kappa shape index (κ1) is 28.6. The predicted molar refractivity (Wildman–Crippen MR) is 160 cm³/mol. The fraction of sp³-hybridized carbons (Fsp3) is 0.455. The van der Waals surface area contributed by atoms with E-state index in [1.165, 1.54) is 55.7 Å². The number of carbonyl (C=O) groups excluding carboxylic acids is 1. The predicted octanol–water partition coefficient (Wildman–Crippen LogP) is 7.83. The first-order chi connectivity index (χ1) is 19.2. The SMILES string of the molecule is CCCCCCCCCCn1cncc1Cc1cc(-c2cccc3ccccc23)cn1C(=O)NCCCOC. The third-order valence-electron chi connectivity index (χ3n) is 7.43. The van der Waals surface area contributed by atoms with Gasteiger partial charge in [0.2, 0.25) is 0 Å². The molecule has 2 aromatic heterocycles. The Hall–Kier alpha value is -3.38. The zero-order chi connectivity index (χ0) is 27.3. The highest BCUT2D eigenvalue weighted by atomic mass is 16.5. The van der Waals surface area contributed by atoms with Gasteiger partial charge in [0.25, 0.3) is 0 Å². The quantitative estimate of drug-likeness (QED) is 0.151. The van der Waals surface area contributed by atoms with Gasteiger partial charge in [-0.15, -0.1) is 0 Å². The molecule has 39 heavy (non-hydrogen) atoms. The normalized spacial score (nSPS) is 11.3. The molecule has 4 rings (SSSR count). The van der Waals surface area contributed by atoms with Gasteiger partial charge >= 0.3 is 6.03 Å². The van der Waals surface area contributed by atoms with E-state index in [0.29, 0.717) is 19.6 Å². The first-order valence-corrected chi connectivity index (χ1v) is 14.7. The number of unbranched alkanes of at least 4 members (excludes halogenated alkanes) is 7. The van der Waals surface area contributed by atoms with Crippen molar-refractivity contribution in [3.63, 3.8) is 0 Å². The third-order valence-corrected chi connectivity index (χ3v) is 7.43. The molecule has 0 atom stereocenters. The van der Waals surface area contributed by atoms with Crippen LogP contribution in [0.5, 0.6) is 0 Å². The molecule has 2 aromatic carbocycles. The van der Waals surface area contributed by atoms with Crippen molar-refractivity contribution in [3.8, 4) is 11.1 Å². The molecule has 0 bridgehead atoms. The van der Waals surface area contributed by atoms with Crippen molar-refractivity contribution >= 4 is 16.8 Å². The molecular weight excluding hydrogens is 484 g/mol. The molecule has 0 spiro atoms. The molecule has 208 valence electrons. The minimum Gasteiger partial charge on any atom is -0.385 e. The maximum absolute atomic E-state index is 13.3. The molecule has 6 nitrogen and oxygen atoms in total. The number of methoxy groups -OCH3 is 1. The van der Waals surface area contributed by atoms with Crippen LogP contribution in [0, 0.1) is 0 Å². The Morgan fingerprint density at radius 3 is 2.51 bits per heavy atom. The molecule has 4 aromatic rings. The van der Waals surface area contributed by atoms with Gasteiger partial charge in [0.05, 0.1) is 6.33 Å². The van der Waals surface area contributed by atoms with E-state index in [2.05, 4.69) is 70.3 Å². The van der Waals surface area contributed by atoms with E-state index in [4.69, 9.17) is 4.74 Å². The van der Waals surface area contributed by atoms with Crippen molar-refractivity contribution in [1.82, 2.24) is 19.4 Å². The summed E-state index contributed by atoms with van der Waals surface area (Å²) in [6.07, 6.45) is 17.7. The molecule has 0 aliphatic carbocycles. The average molecular weight is 529 g/mol. The van der Waals surface area contributed by atoms with Crippen molar-refractivity contribution < 1.29 is 9.53 Å². The zero-order valence-electron chi connectivity index (χ0n) is 23.7. The highest BCUT2D eigenvalue weighted by Gasteiger charge is 2.16. The molecule has 2 heterocycles. The summed E-state index contributed by atoms with van der Waals surface area (Å²) in [5, 5.41) is 5.43. The summed E-state index contributed by atoms with van der Waals surface area (Å²) in [6, 6.07) is 16.8. The fourth-order valence-corrected chi connectivity index (χ4v) is 5.25. The van der Waals surface area contributed by atoms with Crippen LogP contribution in [-0.4, -0.2) is 40.4 Å². The van der Waals surface area contributed by atoms with Gasteiger partial charge in [-0.1, -0.05) is 94.3 Å². The largest absolute Gasteiger partial charge is 0.385 e. The molecule has 6 heteroatoms. The van der Waals surface area contributed by atoms with Crippen molar-refractivity contribution in [1.29, 1.82) is 0 Å². The molecule has 1 N–H and O–H groups in total. The molecular formula is C33H44N4O2. The number of aryl methyl sites for hydroxylation is 1. The Morgan fingerprint density at radius 1 is 0.923 bits per heavy atom. The molecule has 0 aliphatic heterocycles. The van der Waals surface area contributed by atoms with Gasteiger partial charge in [-0.2, -0.15) is 0 Å². The Bertz CT molecular complexity index is 1300. The highest BCUT2D eigenvalue weighted by Crippen LogP contribution is 2.30. The summed E-state index contributed by atoms with van der Waals surface area (Å²) in [5.74, 6) is 0. The lowest BCUT2D eigenvalue weighted by atomic mass is 10.00. The zero-order valence-corrected chi connectivity index (χ0v) is 23.7. The van der Waals surface area contributed by atoms with Crippen LogP contribution in [0.15, 0.2) is 67.3 Å². The molecule has 0 fully saturated rings. The summed E-state index contributed by atoms with van der Waals surface area (Å²) < 4.78 is 9.17. The van der Waals surface area contributed by atoms with Crippen molar-refractivity contribution in [2.45, 2.75) is 77.7 Å². The van der Waals surface area contributed by atoms with Crippen molar-refractivity contribution in [3.05, 3.63) is 78.6 Å². The van der Waals surface area contributed by atoms with Crippen molar-refractivity contribution in [2.75, 3.05) is 20.3 Å². The Balaban J connectivity index is 1.49. The maximum atomic E-state index is 13.3. The number of carbonyl (C=O) groups is 1. The Kier molecular flexibility index (Phi) is 11.2. The van der Waals surface area contributed by atoms with Gasteiger partial charge in [-0.05, 0) is 35.2 Å². The highest BCUT2D eigenvalue weighted by molar-refractivity contribution is 5.97. The van der Waals surface area contributed by atoms with Gasteiger partial charge in [0, 0.05) is 62.6 Å². The number of fused-ring (bicyclic) bond motifs is 1. The summed E-state index contributed by atoms with van der Waals surface area (Å²) in [6.45, 7) is 4.42. The lowest BCUT2D eigenvalue weighted by Crippen LogP contribution is -2.30. The fourth-order valence-electron chi connectivity index (χ4n) is 5.25. The number of benzene rings is 2. The minimum atomic E-state index is -0.110. The van der Waals surface area contributed by atoms with Crippen LogP contribution < -0.4 is 5.32 Å². The van der Waals surface area contributed by atoms with Gasteiger partial charge in [-0.3, -0.25) is 4.57 Å². The maximum Gasteiger partial charge on any atom is 0.325 e. The summed E-state index contributed by atoms with van der Waals surface area (Å²) in [5.41, 5.74) is 4.27. The number of nitrogens with zero attached hydrogens (tertiary/aromatic N) is 3. The van der Waals surface area contributed by atoms with Crippen LogP contribution >= 0.6 is 0 Å². The third kappa shape index (κ3) is 8.06. The van der Waals surface area contributed by atoms with Crippen LogP contribution in [0.2, 0.25) is 0 Å². The second-order valence-electron chi connectivity index (χ2n) is 10.4. The standard InChI is InChI=1S/C33H44N4O2/c1-3-4-5-6-7-8-9-12-20-36-26-34-24-30(36)23-29-22-28(25-37(29)33(38)35-19-14-21-39-2)32-18-13-16-27-15-10-11-17-31(27)32/h10-11,13,15-18,22,24-26H,3-9,12,14,19-21,23H2,1-2H3,(H,35,38). The number of aromatic nitrogens is 3. The van der Waals surface area contributed by atoms with Gasteiger partial charge < -0.3 is 14.6 Å². The van der Waals surface area contributed by atoms with E-state index in [-0.39, 0.29) is 6.03 Å². The number of hydrogen-bond acceptors (Lipinski definition) is 3. The van der Waals surface area contributed by atoms with Gasteiger partial charge in [0.1, 0.15) is 0 Å². The smallest absolute Gasteiger partial charge is 0.325 e. The molecule has 0 unspecified atom stereocenters. The van der Waals surface area contributed by atoms with E-state index >= 15 is 0 Å². The van der Waals surface area contributed by atoms with E-state index in [1.807, 2.05) is 18.7 Å². The van der Waals surface area contributed by atoms with Crippen molar-refractivity contribution in [2.24, 2.45) is 0 Å². The number of nitrogens with one attached hydrogen (secondary N) is 1. The molecule has 0 saturated heterocycles. The number of hydrogen-bond donors (Lipinski definition) is 1. The topological polar surface area (TPSA) is 61.1 Å². The lowest BCUT2D eigenvalue weighted by molar-refractivity contribution is 0.193. The number of rotatable bonds is 16.